The maximum absolute atomic E-state index is 5.37. The molecule has 0 saturated carbocycles. The average molecular weight is 706 g/mol. The van der Waals surface area contributed by atoms with E-state index < -0.39 is 0 Å². The third-order valence-electron chi connectivity index (χ3n) is 10.6. The summed E-state index contributed by atoms with van der Waals surface area (Å²) < 4.78 is 4.87. The molecule has 11 rings (SSSR count). The van der Waals surface area contributed by atoms with Crippen LogP contribution in [0.1, 0.15) is 0 Å². The molecule has 8 aromatic carbocycles. The standard InChI is InChI=1S/C50H31N3S/c1-3-13-32(14-4-1)35-17-11-18-36(29-35)44-31-45(37-26-25-33-15-7-8-16-34(33)30-37)52-50(51-44)43-23-12-22-41-42-28-27-40-39-21-9-10-24-46(39)53(38-19-5-2-6-20-38)47(40)49(42)54-48(41)43/h1-31H. The van der Waals surface area contributed by atoms with E-state index >= 15 is 0 Å². The van der Waals surface area contributed by atoms with Gasteiger partial charge in [-0.1, -0.05) is 146 Å². The monoisotopic (exact) mass is 705 g/mol. The zero-order valence-corrected chi connectivity index (χ0v) is 30.0. The number of thiophene rings is 1. The van der Waals surface area contributed by atoms with E-state index in [-0.39, 0.29) is 0 Å². The molecular weight excluding hydrogens is 675 g/mol. The topological polar surface area (TPSA) is 30.7 Å². The van der Waals surface area contributed by atoms with E-state index in [0.29, 0.717) is 0 Å². The summed E-state index contributed by atoms with van der Waals surface area (Å²) >= 11 is 1.84. The lowest BCUT2D eigenvalue weighted by atomic mass is 10.00. The quantitative estimate of drug-likeness (QED) is 0.178. The minimum Gasteiger partial charge on any atom is -0.308 e. The first kappa shape index (κ1) is 30.7. The fraction of sp³-hybridized carbons (Fsp3) is 0. The van der Waals surface area contributed by atoms with Gasteiger partial charge in [0.2, 0.25) is 0 Å². The van der Waals surface area contributed by atoms with E-state index in [1.807, 2.05) is 11.3 Å². The van der Waals surface area contributed by atoms with Gasteiger partial charge in [-0.2, -0.15) is 0 Å². The lowest BCUT2D eigenvalue weighted by Crippen LogP contribution is -1.96. The number of para-hydroxylation sites is 2. The average Bonchev–Trinajstić information content (AvgIpc) is 3.80. The fourth-order valence-corrected chi connectivity index (χ4v) is 9.37. The molecule has 0 N–H and O–H groups in total. The third kappa shape index (κ3) is 4.96. The van der Waals surface area contributed by atoms with E-state index in [0.717, 1.165) is 45.2 Å². The van der Waals surface area contributed by atoms with Crippen LogP contribution in [0.25, 0.3) is 103 Å². The van der Waals surface area contributed by atoms with Crippen molar-refractivity contribution in [3.63, 3.8) is 0 Å². The van der Waals surface area contributed by atoms with E-state index in [1.54, 1.807) is 0 Å². The summed E-state index contributed by atoms with van der Waals surface area (Å²) in [5, 5.41) is 7.36. The Bertz CT molecular complexity index is 3210. The van der Waals surface area contributed by atoms with Gasteiger partial charge < -0.3 is 4.57 Å². The molecule has 3 nitrogen and oxygen atoms in total. The minimum absolute atomic E-state index is 0.720. The molecule has 0 unspecified atom stereocenters. The Kier molecular flexibility index (Phi) is 7.04. The summed E-state index contributed by atoms with van der Waals surface area (Å²) in [5.41, 5.74) is 10.9. The predicted molar refractivity (Wildman–Crippen MR) is 229 cm³/mol. The molecule has 0 atom stereocenters. The Hall–Kier alpha value is -6.88. The Labute approximate surface area is 316 Å². The molecule has 0 saturated heterocycles. The zero-order valence-electron chi connectivity index (χ0n) is 29.1. The van der Waals surface area contributed by atoms with Crippen LogP contribution >= 0.6 is 11.3 Å². The van der Waals surface area contributed by atoms with Gasteiger partial charge in [-0.3, -0.25) is 0 Å². The lowest BCUT2D eigenvalue weighted by molar-refractivity contribution is 1.19. The Morgan fingerprint density at radius 2 is 1.02 bits per heavy atom. The van der Waals surface area contributed by atoms with E-state index in [4.69, 9.17) is 9.97 Å². The van der Waals surface area contributed by atoms with Crippen LogP contribution < -0.4 is 0 Å². The van der Waals surface area contributed by atoms with Crippen molar-refractivity contribution in [1.29, 1.82) is 0 Å². The van der Waals surface area contributed by atoms with E-state index in [2.05, 4.69) is 193 Å². The number of fused-ring (bicyclic) bond motifs is 8. The molecule has 0 radical (unpaired) electrons. The highest BCUT2D eigenvalue weighted by Gasteiger charge is 2.20. The van der Waals surface area contributed by atoms with Crippen LogP contribution in [0.5, 0.6) is 0 Å². The van der Waals surface area contributed by atoms with Gasteiger partial charge in [-0.05, 0) is 64.4 Å². The zero-order chi connectivity index (χ0) is 35.6. The van der Waals surface area contributed by atoms with Crippen LogP contribution in [0.4, 0.5) is 0 Å². The number of aromatic nitrogens is 3. The highest BCUT2D eigenvalue weighted by molar-refractivity contribution is 7.27. The largest absolute Gasteiger partial charge is 0.308 e. The molecule has 3 heterocycles. The first-order valence-electron chi connectivity index (χ1n) is 18.2. The van der Waals surface area contributed by atoms with Gasteiger partial charge in [0, 0.05) is 48.6 Å². The Morgan fingerprint density at radius 3 is 1.87 bits per heavy atom. The molecule has 11 aromatic rings. The van der Waals surface area contributed by atoms with Crippen molar-refractivity contribution in [2.75, 3.05) is 0 Å². The number of nitrogens with zero attached hydrogens (tertiary/aromatic N) is 3. The SMILES string of the molecule is c1ccc(-c2cccc(-c3cc(-c4ccc5ccccc5c4)nc(-c4cccc5c4sc4c5ccc5c6ccccc6n(-c6ccccc6)c54)n3)c2)cc1. The Morgan fingerprint density at radius 1 is 0.389 bits per heavy atom. The first-order valence-corrected chi connectivity index (χ1v) is 19.1. The van der Waals surface area contributed by atoms with Crippen LogP contribution in [0.15, 0.2) is 188 Å². The molecule has 4 heteroatoms. The van der Waals surface area contributed by atoms with Gasteiger partial charge >= 0.3 is 0 Å². The maximum atomic E-state index is 5.37. The fourth-order valence-electron chi connectivity index (χ4n) is 8.03. The molecule has 252 valence electrons. The molecule has 0 spiro atoms. The molecule has 0 aliphatic rings. The van der Waals surface area contributed by atoms with E-state index in [9.17, 15) is 0 Å². The lowest BCUT2D eigenvalue weighted by Gasteiger charge is -2.12. The van der Waals surface area contributed by atoms with Gasteiger partial charge in [-0.15, -0.1) is 11.3 Å². The number of hydrogen-bond donors (Lipinski definition) is 0. The van der Waals surface area contributed by atoms with Crippen molar-refractivity contribution < 1.29 is 0 Å². The number of benzene rings is 8. The second kappa shape index (κ2) is 12.4. The van der Waals surface area contributed by atoms with Gasteiger partial charge in [0.15, 0.2) is 5.82 Å². The van der Waals surface area contributed by atoms with Crippen molar-refractivity contribution in [1.82, 2.24) is 14.5 Å². The van der Waals surface area contributed by atoms with Crippen molar-refractivity contribution in [3.8, 4) is 50.7 Å². The van der Waals surface area contributed by atoms with Crippen LogP contribution in [0.3, 0.4) is 0 Å². The molecular formula is C50H31N3S. The molecule has 0 aliphatic carbocycles. The van der Waals surface area contributed by atoms with Gasteiger partial charge in [0.1, 0.15) is 0 Å². The minimum atomic E-state index is 0.720. The van der Waals surface area contributed by atoms with E-state index in [1.165, 1.54) is 58.3 Å². The molecule has 0 bridgehead atoms. The maximum Gasteiger partial charge on any atom is 0.161 e. The van der Waals surface area contributed by atoms with Crippen molar-refractivity contribution in [3.05, 3.63) is 188 Å². The molecule has 54 heavy (non-hydrogen) atoms. The summed E-state index contributed by atoms with van der Waals surface area (Å²) in [6.45, 7) is 0. The summed E-state index contributed by atoms with van der Waals surface area (Å²) in [5.74, 6) is 0.720. The summed E-state index contributed by atoms with van der Waals surface area (Å²) in [6.07, 6.45) is 0. The summed E-state index contributed by atoms with van der Waals surface area (Å²) in [6, 6.07) is 67.1. The van der Waals surface area contributed by atoms with Gasteiger partial charge in [0.25, 0.3) is 0 Å². The van der Waals surface area contributed by atoms with Gasteiger partial charge in [-0.25, -0.2) is 9.97 Å². The summed E-state index contributed by atoms with van der Waals surface area (Å²) in [4.78, 5) is 10.7. The molecule has 0 amide bonds. The van der Waals surface area contributed by atoms with Crippen molar-refractivity contribution >= 4 is 64.1 Å². The first-order chi connectivity index (χ1) is 26.8. The van der Waals surface area contributed by atoms with Gasteiger partial charge in [0.05, 0.1) is 27.1 Å². The second-order valence-corrected chi connectivity index (χ2v) is 14.8. The predicted octanol–water partition coefficient (Wildman–Crippen LogP) is 13.8. The van der Waals surface area contributed by atoms with Crippen molar-refractivity contribution in [2.45, 2.75) is 0 Å². The summed E-state index contributed by atoms with van der Waals surface area (Å²) in [7, 11) is 0. The smallest absolute Gasteiger partial charge is 0.161 e. The van der Waals surface area contributed by atoms with Crippen LogP contribution in [0, 0.1) is 0 Å². The molecule has 0 aliphatic heterocycles. The van der Waals surface area contributed by atoms with Crippen LogP contribution in [0.2, 0.25) is 0 Å². The second-order valence-electron chi connectivity index (χ2n) is 13.8. The normalized spacial score (nSPS) is 11.7. The highest BCUT2D eigenvalue weighted by Crippen LogP contribution is 2.45. The number of hydrogen-bond acceptors (Lipinski definition) is 3. The molecule has 0 fully saturated rings. The Balaban J connectivity index is 1.17. The van der Waals surface area contributed by atoms with Crippen LogP contribution in [-0.4, -0.2) is 14.5 Å². The third-order valence-corrected chi connectivity index (χ3v) is 11.9. The van der Waals surface area contributed by atoms with Crippen LogP contribution in [-0.2, 0) is 0 Å². The molecule has 3 aromatic heterocycles. The highest BCUT2D eigenvalue weighted by atomic mass is 32.1. The van der Waals surface area contributed by atoms with Crippen molar-refractivity contribution in [2.24, 2.45) is 0 Å². The number of rotatable bonds is 5.